The van der Waals surface area contributed by atoms with Crippen LogP contribution in [0.2, 0.25) is 0 Å². The molecule has 2 nitrogen and oxygen atoms in total. The number of ether oxygens (including phenoxy) is 1. The van der Waals surface area contributed by atoms with Gasteiger partial charge in [0.05, 0.1) is 15.3 Å². The molecule has 2 heterocycles. The molecule has 4 heteroatoms. The van der Waals surface area contributed by atoms with Gasteiger partial charge in [-0.1, -0.05) is 13.8 Å². The van der Waals surface area contributed by atoms with Gasteiger partial charge in [0.15, 0.2) is 5.72 Å². The Morgan fingerprint density at radius 2 is 2.13 bits per heavy atom. The zero-order chi connectivity index (χ0) is 11.1. The molecule has 15 heavy (non-hydrogen) atoms. The lowest BCUT2D eigenvalue weighted by Crippen LogP contribution is -2.53. The number of hydrogen-bond donors (Lipinski definition) is 1. The lowest BCUT2D eigenvalue weighted by molar-refractivity contribution is -0.129. The fraction of sp³-hybridized carbons (Fsp3) is 0.636. The first-order chi connectivity index (χ1) is 6.91. The predicted octanol–water partition coefficient (Wildman–Crippen LogP) is 3.33. The van der Waals surface area contributed by atoms with E-state index in [0.29, 0.717) is 0 Å². The first-order valence-electron chi connectivity index (χ1n) is 5.06. The zero-order valence-electron chi connectivity index (χ0n) is 9.26. The maximum Gasteiger partial charge on any atom is 0.151 e. The third-order valence-electron chi connectivity index (χ3n) is 2.70. The van der Waals surface area contributed by atoms with E-state index in [2.05, 4.69) is 54.2 Å². The Morgan fingerprint density at radius 3 is 2.60 bits per heavy atom. The minimum Gasteiger partial charge on any atom is -0.355 e. The van der Waals surface area contributed by atoms with Gasteiger partial charge in [0.25, 0.3) is 0 Å². The Bertz CT molecular complexity index is 351. The molecule has 1 saturated heterocycles. The van der Waals surface area contributed by atoms with Crippen molar-refractivity contribution in [1.29, 1.82) is 0 Å². The number of rotatable bonds is 1. The van der Waals surface area contributed by atoms with Crippen LogP contribution in [0.25, 0.3) is 0 Å². The molecule has 84 valence electrons. The van der Waals surface area contributed by atoms with Crippen LogP contribution in [0.3, 0.4) is 0 Å². The fourth-order valence-electron chi connectivity index (χ4n) is 1.58. The summed E-state index contributed by atoms with van der Waals surface area (Å²) in [6, 6.07) is 4.18. The van der Waals surface area contributed by atoms with Gasteiger partial charge in [-0.15, -0.1) is 11.3 Å². The van der Waals surface area contributed by atoms with Crippen LogP contribution >= 0.6 is 27.3 Å². The van der Waals surface area contributed by atoms with E-state index >= 15 is 0 Å². The standard InChI is InChI=1S/C11H16BrNOS/c1-10(2)6-13-11(3,14-7-10)8-4-5-9(12)15-8/h4-5,13H,6-7H2,1-3H3. The Morgan fingerprint density at radius 1 is 1.40 bits per heavy atom. The van der Waals surface area contributed by atoms with Crippen molar-refractivity contribution in [3.63, 3.8) is 0 Å². The predicted molar refractivity (Wildman–Crippen MR) is 67.1 cm³/mol. The smallest absolute Gasteiger partial charge is 0.151 e. The van der Waals surface area contributed by atoms with E-state index in [4.69, 9.17) is 4.74 Å². The molecule has 0 spiro atoms. The lowest BCUT2D eigenvalue weighted by atomic mass is 9.92. The van der Waals surface area contributed by atoms with Crippen LogP contribution in [0.15, 0.2) is 15.9 Å². The van der Waals surface area contributed by atoms with Gasteiger partial charge in [-0.2, -0.15) is 0 Å². The minimum absolute atomic E-state index is 0.230. The molecule has 1 aliphatic heterocycles. The summed E-state index contributed by atoms with van der Waals surface area (Å²) >= 11 is 5.20. The Balaban J connectivity index is 2.16. The number of nitrogens with one attached hydrogen (secondary N) is 1. The molecular formula is C11H16BrNOS. The summed E-state index contributed by atoms with van der Waals surface area (Å²) in [5.41, 5.74) is -0.0831. The molecular weight excluding hydrogens is 274 g/mol. The summed E-state index contributed by atoms with van der Waals surface area (Å²) in [4.78, 5) is 1.23. The van der Waals surface area contributed by atoms with Gasteiger partial charge in [0.2, 0.25) is 0 Å². The van der Waals surface area contributed by atoms with Crippen LogP contribution in [0.5, 0.6) is 0 Å². The largest absolute Gasteiger partial charge is 0.355 e. The molecule has 1 aromatic rings. The number of thiophene rings is 1. The summed E-state index contributed by atoms with van der Waals surface area (Å²) < 4.78 is 7.11. The molecule has 1 fully saturated rings. The summed E-state index contributed by atoms with van der Waals surface area (Å²) in [7, 11) is 0. The molecule has 1 N–H and O–H groups in total. The molecule has 1 aromatic heterocycles. The second-order valence-corrected chi connectivity index (χ2v) is 7.41. The van der Waals surface area contributed by atoms with Crippen LogP contribution in [0, 0.1) is 5.41 Å². The van der Waals surface area contributed by atoms with Crippen LogP contribution in [0.1, 0.15) is 25.6 Å². The van der Waals surface area contributed by atoms with E-state index in [1.54, 1.807) is 11.3 Å². The molecule has 2 rings (SSSR count). The number of hydrogen-bond acceptors (Lipinski definition) is 3. The first kappa shape index (κ1) is 11.6. The van der Waals surface area contributed by atoms with Gasteiger partial charge < -0.3 is 4.74 Å². The summed E-state index contributed by atoms with van der Waals surface area (Å²) in [6.45, 7) is 8.30. The van der Waals surface area contributed by atoms with E-state index < -0.39 is 0 Å². The van der Waals surface area contributed by atoms with Crippen molar-refractivity contribution in [2.45, 2.75) is 26.5 Å². The highest BCUT2D eigenvalue weighted by Gasteiger charge is 2.37. The minimum atomic E-state index is -0.313. The third kappa shape index (κ3) is 2.44. The molecule has 1 atom stereocenters. The summed E-state index contributed by atoms with van der Waals surface area (Å²) in [5.74, 6) is 0. The SMILES string of the molecule is CC1(C)CNC(C)(c2ccc(Br)s2)OC1. The van der Waals surface area contributed by atoms with Crippen molar-refractivity contribution in [2.75, 3.05) is 13.2 Å². The number of halogens is 1. The second-order valence-electron chi connectivity index (χ2n) is 4.94. The van der Waals surface area contributed by atoms with E-state index in [0.717, 1.165) is 16.9 Å². The van der Waals surface area contributed by atoms with Crippen molar-refractivity contribution in [3.05, 3.63) is 20.8 Å². The first-order valence-corrected chi connectivity index (χ1v) is 6.67. The summed E-state index contributed by atoms with van der Waals surface area (Å²) in [6.07, 6.45) is 0. The van der Waals surface area contributed by atoms with Crippen molar-refractivity contribution in [2.24, 2.45) is 5.41 Å². The zero-order valence-corrected chi connectivity index (χ0v) is 11.7. The van der Waals surface area contributed by atoms with Gasteiger partial charge in [0.1, 0.15) is 0 Å². The van der Waals surface area contributed by atoms with Crippen molar-refractivity contribution in [3.8, 4) is 0 Å². The van der Waals surface area contributed by atoms with E-state index in [1.165, 1.54) is 4.88 Å². The summed E-state index contributed by atoms with van der Waals surface area (Å²) in [5, 5.41) is 3.48. The second kappa shape index (κ2) is 3.84. The Labute approximate surface area is 103 Å². The highest BCUT2D eigenvalue weighted by Crippen LogP contribution is 2.36. The van der Waals surface area contributed by atoms with E-state index in [9.17, 15) is 0 Å². The van der Waals surface area contributed by atoms with Gasteiger partial charge in [-0.05, 0) is 35.0 Å². The topological polar surface area (TPSA) is 21.3 Å². The van der Waals surface area contributed by atoms with E-state index in [-0.39, 0.29) is 11.1 Å². The molecule has 0 aliphatic carbocycles. The highest BCUT2D eigenvalue weighted by atomic mass is 79.9. The molecule has 1 aliphatic rings. The van der Waals surface area contributed by atoms with Gasteiger partial charge in [-0.25, -0.2) is 0 Å². The Kier molecular flexibility index (Phi) is 2.97. The van der Waals surface area contributed by atoms with Crippen molar-refractivity contribution < 1.29 is 4.74 Å². The maximum atomic E-state index is 5.96. The molecule has 0 aromatic carbocycles. The maximum absolute atomic E-state index is 5.96. The lowest BCUT2D eigenvalue weighted by Gasteiger charge is -2.42. The molecule has 1 unspecified atom stereocenters. The molecule has 0 bridgehead atoms. The third-order valence-corrected chi connectivity index (χ3v) is 4.53. The van der Waals surface area contributed by atoms with Crippen molar-refractivity contribution in [1.82, 2.24) is 5.32 Å². The van der Waals surface area contributed by atoms with Crippen LogP contribution in [0.4, 0.5) is 0 Å². The normalized spacial score (nSPS) is 30.4. The van der Waals surface area contributed by atoms with Crippen LogP contribution < -0.4 is 5.32 Å². The quantitative estimate of drug-likeness (QED) is 0.856. The Hall–Kier alpha value is 0.1000. The van der Waals surface area contributed by atoms with Gasteiger partial charge >= 0.3 is 0 Å². The van der Waals surface area contributed by atoms with Gasteiger partial charge in [0, 0.05) is 12.0 Å². The van der Waals surface area contributed by atoms with Crippen LogP contribution in [-0.2, 0) is 10.5 Å². The highest BCUT2D eigenvalue weighted by molar-refractivity contribution is 9.11. The van der Waals surface area contributed by atoms with Gasteiger partial charge in [-0.3, -0.25) is 5.32 Å². The fourth-order valence-corrected chi connectivity index (χ4v) is 3.04. The van der Waals surface area contributed by atoms with E-state index in [1.807, 2.05) is 0 Å². The average Bonchev–Trinajstić information content (AvgIpc) is 2.59. The van der Waals surface area contributed by atoms with Crippen molar-refractivity contribution >= 4 is 27.3 Å². The molecule has 0 saturated carbocycles. The monoisotopic (exact) mass is 289 g/mol. The van der Waals surface area contributed by atoms with Crippen LogP contribution in [-0.4, -0.2) is 13.2 Å². The molecule has 0 amide bonds. The average molecular weight is 290 g/mol. The molecule has 0 radical (unpaired) electrons.